The number of carbonyl (C=O) groups is 2. The van der Waals surface area contributed by atoms with Crippen molar-refractivity contribution in [3.05, 3.63) is 0 Å². The first kappa shape index (κ1) is 18.2. The molecule has 0 aromatic carbocycles. The Labute approximate surface area is 133 Å². The van der Waals surface area contributed by atoms with Gasteiger partial charge in [-0.2, -0.15) is 13.2 Å². The van der Waals surface area contributed by atoms with Crippen molar-refractivity contribution < 1.29 is 32.2 Å². The second-order valence-electron chi connectivity index (χ2n) is 6.31. The highest BCUT2D eigenvalue weighted by Crippen LogP contribution is 2.53. The molecular weight excluding hydrogens is 313 g/mol. The predicted molar refractivity (Wildman–Crippen MR) is 75.8 cm³/mol. The van der Waals surface area contributed by atoms with E-state index in [9.17, 15) is 22.8 Å². The monoisotopic (exact) mass is 336 g/mol. The average Bonchev–Trinajstić information content (AvgIpc) is 3.16. The van der Waals surface area contributed by atoms with Crippen molar-refractivity contribution in [1.82, 2.24) is 0 Å². The lowest BCUT2D eigenvalue weighted by molar-refractivity contribution is -0.190. The summed E-state index contributed by atoms with van der Waals surface area (Å²) >= 11 is 0. The molecule has 2 rings (SSSR count). The number of esters is 1. The van der Waals surface area contributed by atoms with Crippen molar-refractivity contribution in [2.75, 3.05) is 6.61 Å². The quantitative estimate of drug-likeness (QED) is 0.500. The maximum Gasteiger partial charge on any atom is 0.420 e. The maximum absolute atomic E-state index is 13.2. The molecule has 2 aliphatic rings. The normalized spacial score (nSPS) is 32.0. The van der Waals surface area contributed by atoms with Gasteiger partial charge in [0.2, 0.25) is 0 Å². The highest BCUT2D eigenvalue weighted by Gasteiger charge is 2.72. The van der Waals surface area contributed by atoms with Gasteiger partial charge in [0.05, 0.1) is 12.7 Å². The molecule has 23 heavy (non-hydrogen) atoms. The third-order valence-electron chi connectivity index (χ3n) is 4.54. The number of epoxide rings is 1. The van der Waals surface area contributed by atoms with Gasteiger partial charge in [0, 0.05) is 25.7 Å². The van der Waals surface area contributed by atoms with Crippen LogP contribution < -0.4 is 0 Å². The molecule has 2 unspecified atom stereocenters. The first-order valence-corrected chi connectivity index (χ1v) is 8.27. The second-order valence-corrected chi connectivity index (χ2v) is 6.31. The first-order valence-electron chi connectivity index (χ1n) is 8.27. The molecule has 0 aromatic heterocycles. The Kier molecular flexibility index (Phi) is 6.06. The van der Waals surface area contributed by atoms with E-state index in [1.165, 1.54) is 0 Å². The molecule has 4 nitrogen and oxygen atoms in total. The van der Waals surface area contributed by atoms with E-state index in [1.807, 2.05) is 0 Å². The van der Waals surface area contributed by atoms with E-state index in [0.29, 0.717) is 32.1 Å². The number of carbonyl (C=O) groups excluding carboxylic acids is 2. The van der Waals surface area contributed by atoms with Gasteiger partial charge >= 0.3 is 12.1 Å². The lowest BCUT2D eigenvalue weighted by Crippen LogP contribution is -2.36. The van der Waals surface area contributed by atoms with Gasteiger partial charge in [-0.1, -0.05) is 19.3 Å². The molecular formula is C16H23F3O4. The topological polar surface area (TPSA) is 55.9 Å². The van der Waals surface area contributed by atoms with Crippen molar-refractivity contribution in [1.29, 1.82) is 0 Å². The van der Waals surface area contributed by atoms with E-state index in [-0.39, 0.29) is 25.2 Å². The molecule has 132 valence electrons. The van der Waals surface area contributed by atoms with Crippen LogP contribution in [0.25, 0.3) is 0 Å². The van der Waals surface area contributed by atoms with E-state index in [2.05, 4.69) is 0 Å². The largest absolute Gasteiger partial charge is 0.466 e. The number of ether oxygens (including phenoxy) is 2. The van der Waals surface area contributed by atoms with Crippen LogP contribution >= 0.6 is 0 Å². The Hall–Kier alpha value is -1.11. The SMILES string of the molecule is O=C1CCCCCCC2OC2(C(F)(F)F)CCOC(=O)CCC1. The van der Waals surface area contributed by atoms with Crippen LogP contribution in [0.2, 0.25) is 0 Å². The van der Waals surface area contributed by atoms with Gasteiger partial charge in [0.15, 0.2) is 5.60 Å². The van der Waals surface area contributed by atoms with Gasteiger partial charge in [-0.15, -0.1) is 0 Å². The van der Waals surface area contributed by atoms with Crippen LogP contribution in [0.4, 0.5) is 13.2 Å². The minimum absolute atomic E-state index is 0.0645. The highest BCUT2D eigenvalue weighted by atomic mass is 19.4. The molecule has 0 aromatic rings. The molecule has 2 atom stereocenters. The van der Waals surface area contributed by atoms with E-state index < -0.39 is 23.9 Å². The molecule has 0 radical (unpaired) electrons. The number of hydrogen-bond donors (Lipinski definition) is 0. The van der Waals surface area contributed by atoms with E-state index in [1.54, 1.807) is 0 Å². The number of Topliss-reactive ketones (excluding diaryl/α,β-unsaturated/α-hetero) is 1. The number of rotatable bonds is 0. The number of alkyl halides is 3. The summed E-state index contributed by atoms with van der Waals surface area (Å²) in [6.07, 6.45) is -0.999. The Morgan fingerprint density at radius 2 is 1.65 bits per heavy atom. The lowest BCUT2D eigenvalue weighted by Gasteiger charge is -2.17. The molecule has 0 saturated carbocycles. The Morgan fingerprint density at radius 3 is 2.39 bits per heavy atom. The van der Waals surface area contributed by atoms with Crippen molar-refractivity contribution in [2.45, 2.75) is 82.1 Å². The van der Waals surface area contributed by atoms with Crippen molar-refractivity contribution >= 4 is 11.8 Å². The summed E-state index contributed by atoms with van der Waals surface area (Å²) in [6.45, 7) is -0.303. The fourth-order valence-electron chi connectivity index (χ4n) is 3.07. The molecule has 0 bridgehead atoms. The smallest absolute Gasteiger partial charge is 0.420 e. The summed E-state index contributed by atoms with van der Waals surface area (Å²) in [4.78, 5) is 23.1. The summed E-state index contributed by atoms with van der Waals surface area (Å²) in [5, 5.41) is 0. The van der Waals surface area contributed by atoms with Crippen molar-refractivity contribution in [3.8, 4) is 0 Å². The third-order valence-corrected chi connectivity index (χ3v) is 4.54. The zero-order chi connectivity index (χ0) is 16.9. The van der Waals surface area contributed by atoms with Crippen LogP contribution in [-0.4, -0.2) is 36.2 Å². The summed E-state index contributed by atoms with van der Waals surface area (Å²) in [5.74, 6) is -0.425. The highest BCUT2D eigenvalue weighted by molar-refractivity contribution is 5.79. The molecule has 2 fully saturated rings. The molecule has 2 saturated heterocycles. The number of ketones is 1. The van der Waals surface area contributed by atoms with Gasteiger partial charge in [-0.25, -0.2) is 0 Å². The summed E-state index contributed by atoms with van der Waals surface area (Å²) < 4.78 is 49.4. The first-order chi connectivity index (χ1) is 10.8. The van der Waals surface area contributed by atoms with E-state index in [0.717, 1.165) is 19.3 Å². The minimum atomic E-state index is -4.44. The van der Waals surface area contributed by atoms with Crippen molar-refractivity contribution in [2.24, 2.45) is 0 Å². The zero-order valence-electron chi connectivity index (χ0n) is 13.1. The molecule has 0 spiro atoms. The van der Waals surface area contributed by atoms with Gasteiger partial charge in [-0.05, 0) is 19.3 Å². The number of cyclic esters (lactones) is 1. The van der Waals surface area contributed by atoms with E-state index >= 15 is 0 Å². The second kappa shape index (κ2) is 7.64. The number of hydrogen-bond acceptors (Lipinski definition) is 4. The fraction of sp³-hybridized carbons (Fsp3) is 0.875. The van der Waals surface area contributed by atoms with Gasteiger partial charge in [0.1, 0.15) is 5.78 Å². The average molecular weight is 336 g/mol. The summed E-state index contributed by atoms with van der Waals surface area (Å²) in [7, 11) is 0. The third kappa shape index (κ3) is 4.93. The molecule has 2 aliphatic heterocycles. The maximum atomic E-state index is 13.2. The van der Waals surface area contributed by atoms with Gasteiger partial charge < -0.3 is 9.47 Å². The summed E-state index contributed by atoms with van der Waals surface area (Å²) in [6, 6.07) is 0. The van der Waals surface area contributed by atoms with Crippen LogP contribution in [0.5, 0.6) is 0 Å². The zero-order valence-corrected chi connectivity index (χ0v) is 13.1. The fourth-order valence-corrected chi connectivity index (χ4v) is 3.07. The molecule has 0 aliphatic carbocycles. The van der Waals surface area contributed by atoms with Crippen LogP contribution in [0, 0.1) is 0 Å². The van der Waals surface area contributed by atoms with E-state index in [4.69, 9.17) is 9.47 Å². The summed E-state index contributed by atoms with van der Waals surface area (Å²) in [5.41, 5.74) is -2.14. The molecule has 0 amide bonds. The van der Waals surface area contributed by atoms with Crippen LogP contribution in [0.3, 0.4) is 0 Å². The number of halogens is 3. The van der Waals surface area contributed by atoms with Gasteiger partial charge in [-0.3, -0.25) is 9.59 Å². The van der Waals surface area contributed by atoms with Gasteiger partial charge in [0.25, 0.3) is 0 Å². The molecule has 7 heteroatoms. The minimum Gasteiger partial charge on any atom is -0.466 e. The Bertz CT molecular complexity index is 436. The molecule has 2 heterocycles. The number of fused-ring (bicyclic) bond motifs is 1. The lowest BCUT2D eigenvalue weighted by atomic mass is 9.96. The van der Waals surface area contributed by atoms with Crippen LogP contribution in [-0.2, 0) is 19.1 Å². The van der Waals surface area contributed by atoms with Crippen LogP contribution in [0.15, 0.2) is 0 Å². The Balaban J connectivity index is 1.91. The van der Waals surface area contributed by atoms with Crippen molar-refractivity contribution in [3.63, 3.8) is 0 Å². The predicted octanol–water partition coefficient (Wildman–Crippen LogP) is 3.71. The molecule has 0 N–H and O–H groups in total. The van der Waals surface area contributed by atoms with Crippen LogP contribution in [0.1, 0.15) is 64.2 Å². The Morgan fingerprint density at radius 1 is 0.957 bits per heavy atom. The standard InChI is InChI=1S/C16H23F3O4/c17-16(18,19)15-10-11-22-14(21)9-5-7-12(20)6-3-1-2-4-8-13(15)23-15/h13H,1-11H2.